The molecule has 0 bridgehead atoms. The van der Waals surface area contributed by atoms with Crippen LogP contribution < -0.4 is 0 Å². The number of allylic oxidation sites excluding steroid dienone is 1. The molecular weight excluding hydrogens is 276 g/mol. The van der Waals surface area contributed by atoms with Crippen molar-refractivity contribution in [2.45, 2.75) is 90.9 Å². The zero-order valence-corrected chi connectivity index (χ0v) is 14.6. The van der Waals surface area contributed by atoms with Gasteiger partial charge in [-0.15, -0.1) is 0 Å². The number of ether oxygens (including phenoxy) is 1. The monoisotopic (exact) mass is 310 g/mol. The minimum atomic E-state index is -0.292. The lowest BCUT2D eigenvalue weighted by Crippen LogP contribution is -2.02. The van der Waals surface area contributed by atoms with E-state index in [1.165, 1.54) is 57.4 Å². The zero-order chi connectivity index (χ0) is 16.5. The fourth-order valence-electron chi connectivity index (χ4n) is 2.28. The van der Waals surface area contributed by atoms with Crippen LogP contribution >= 0.6 is 0 Å². The molecule has 0 aromatic heterocycles. The Hall–Kier alpha value is -1.12. The third-order valence-electron chi connectivity index (χ3n) is 3.66. The zero-order valence-electron chi connectivity index (χ0n) is 14.6. The van der Waals surface area contributed by atoms with Crippen molar-refractivity contribution in [1.82, 2.24) is 0 Å². The number of ketones is 1. The summed E-state index contributed by atoms with van der Waals surface area (Å²) in [5.74, 6) is -0.150. The van der Waals surface area contributed by atoms with Gasteiger partial charge < -0.3 is 9.53 Å². The maximum Gasteiger partial charge on any atom is 0.330 e. The third-order valence-corrected chi connectivity index (χ3v) is 3.66. The molecule has 0 aliphatic heterocycles. The normalized spacial score (nSPS) is 11.0. The number of carbonyl (C=O) groups is 2. The van der Waals surface area contributed by atoms with Gasteiger partial charge >= 0.3 is 5.97 Å². The van der Waals surface area contributed by atoms with E-state index in [1.54, 1.807) is 13.0 Å². The van der Waals surface area contributed by atoms with Crippen molar-refractivity contribution >= 4 is 11.8 Å². The van der Waals surface area contributed by atoms with E-state index in [0.29, 0.717) is 19.4 Å². The second-order valence-electron chi connectivity index (χ2n) is 5.99. The van der Waals surface area contributed by atoms with Crippen LogP contribution in [0, 0.1) is 0 Å². The van der Waals surface area contributed by atoms with E-state index in [1.807, 2.05) is 0 Å². The smallest absolute Gasteiger partial charge is 0.330 e. The first-order chi connectivity index (χ1) is 10.7. The Morgan fingerprint density at radius 1 is 0.864 bits per heavy atom. The second kappa shape index (κ2) is 16.3. The van der Waals surface area contributed by atoms with E-state index >= 15 is 0 Å². The van der Waals surface area contributed by atoms with Crippen molar-refractivity contribution in [2.24, 2.45) is 0 Å². The summed E-state index contributed by atoms with van der Waals surface area (Å²) in [5.41, 5.74) is 0. The van der Waals surface area contributed by atoms with E-state index < -0.39 is 0 Å². The highest BCUT2D eigenvalue weighted by Gasteiger charge is 1.97. The van der Waals surface area contributed by atoms with Gasteiger partial charge in [0.1, 0.15) is 5.78 Å². The van der Waals surface area contributed by atoms with Crippen LogP contribution in [0.3, 0.4) is 0 Å². The lowest BCUT2D eigenvalue weighted by molar-refractivity contribution is -0.137. The molecule has 3 nitrogen and oxygen atoms in total. The highest BCUT2D eigenvalue weighted by Crippen LogP contribution is 2.10. The Balaban J connectivity index is 3.25. The SMILES string of the molecule is CCCCCCCCCCCCOC(=O)/C=C/CCC(C)=O. The molecule has 0 saturated carbocycles. The molecule has 0 heterocycles. The van der Waals surface area contributed by atoms with Crippen molar-refractivity contribution in [3.05, 3.63) is 12.2 Å². The molecule has 0 unspecified atom stereocenters. The quantitative estimate of drug-likeness (QED) is 0.232. The number of carbonyl (C=O) groups excluding carboxylic acids is 2. The summed E-state index contributed by atoms with van der Waals surface area (Å²) < 4.78 is 5.11. The minimum absolute atomic E-state index is 0.142. The average Bonchev–Trinajstić information content (AvgIpc) is 2.49. The summed E-state index contributed by atoms with van der Waals surface area (Å²) in [7, 11) is 0. The van der Waals surface area contributed by atoms with Crippen molar-refractivity contribution < 1.29 is 14.3 Å². The molecule has 0 aromatic carbocycles. The van der Waals surface area contributed by atoms with Crippen molar-refractivity contribution in [3.63, 3.8) is 0 Å². The predicted octanol–water partition coefficient (Wildman–Crippen LogP) is 5.38. The Morgan fingerprint density at radius 3 is 1.95 bits per heavy atom. The third kappa shape index (κ3) is 16.9. The maximum atomic E-state index is 11.4. The lowest BCUT2D eigenvalue weighted by atomic mass is 10.1. The van der Waals surface area contributed by atoms with Crippen LogP contribution in [0.5, 0.6) is 0 Å². The van der Waals surface area contributed by atoms with E-state index in [9.17, 15) is 9.59 Å². The first-order valence-corrected chi connectivity index (χ1v) is 8.99. The number of rotatable bonds is 15. The standard InChI is InChI=1S/C19H34O3/c1-3-4-5-6-7-8-9-10-11-14-17-22-19(21)16-13-12-15-18(2)20/h13,16H,3-12,14-15,17H2,1-2H3/b16-13+. The highest BCUT2D eigenvalue weighted by atomic mass is 16.5. The van der Waals surface area contributed by atoms with Gasteiger partial charge in [-0.3, -0.25) is 0 Å². The summed E-state index contributed by atoms with van der Waals surface area (Å²) in [4.78, 5) is 22.1. The summed E-state index contributed by atoms with van der Waals surface area (Å²) in [6.07, 6.45) is 17.0. The summed E-state index contributed by atoms with van der Waals surface area (Å²) >= 11 is 0. The molecule has 0 saturated heterocycles. The van der Waals surface area contributed by atoms with Gasteiger partial charge in [-0.2, -0.15) is 0 Å². The van der Waals surface area contributed by atoms with Crippen LogP contribution in [0.1, 0.15) is 90.9 Å². The largest absolute Gasteiger partial charge is 0.463 e. The molecule has 0 aliphatic carbocycles. The van der Waals surface area contributed by atoms with Crippen LogP contribution in [0.25, 0.3) is 0 Å². The topological polar surface area (TPSA) is 43.4 Å². The predicted molar refractivity (Wildman–Crippen MR) is 91.9 cm³/mol. The van der Waals surface area contributed by atoms with Gasteiger partial charge in [-0.1, -0.05) is 70.8 Å². The first-order valence-electron chi connectivity index (χ1n) is 8.99. The first kappa shape index (κ1) is 20.9. The fourth-order valence-corrected chi connectivity index (χ4v) is 2.28. The minimum Gasteiger partial charge on any atom is -0.463 e. The summed E-state index contributed by atoms with van der Waals surface area (Å²) in [6.45, 7) is 4.30. The maximum absolute atomic E-state index is 11.4. The van der Waals surface area contributed by atoms with Crippen LogP contribution in [-0.2, 0) is 14.3 Å². The Kier molecular flexibility index (Phi) is 15.4. The van der Waals surface area contributed by atoms with Gasteiger partial charge in [-0.05, 0) is 19.8 Å². The molecule has 0 spiro atoms. The Bertz CT molecular complexity index is 308. The molecule has 128 valence electrons. The van der Waals surface area contributed by atoms with Crippen molar-refractivity contribution in [3.8, 4) is 0 Å². The molecule has 0 fully saturated rings. The molecule has 3 heteroatoms. The summed E-state index contributed by atoms with van der Waals surface area (Å²) in [5, 5.41) is 0. The van der Waals surface area contributed by atoms with E-state index in [-0.39, 0.29) is 11.8 Å². The van der Waals surface area contributed by atoms with Gasteiger partial charge in [0.05, 0.1) is 6.61 Å². The molecule has 0 aliphatic rings. The molecule has 0 aromatic rings. The van der Waals surface area contributed by atoms with Crippen molar-refractivity contribution in [1.29, 1.82) is 0 Å². The van der Waals surface area contributed by atoms with E-state index in [2.05, 4.69) is 6.92 Å². The average molecular weight is 310 g/mol. The van der Waals surface area contributed by atoms with E-state index in [0.717, 1.165) is 12.8 Å². The Labute approximate surface area is 136 Å². The molecule has 0 amide bonds. The molecule has 0 radical (unpaired) electrons. The van der Waals surface area contributed by atoms with Gasteiger partial charge in [0, 0.05) is 12.5 Å². The molecule has 0 rings (SSSR count). The Morgan fingerprint density at radius 2 is 1.41 bits per heavy atom. The van der Waals surface area contributed by atoms with Gasteiger partial charge in [0.2, 0.25) is 0 Å². The number of esters is 1. The van der Waals surface area contributed by atoms with Crippen molar-refractivity contribution in [2.75, 3.05) is 6.61 Å². The number of hydrogen-bond donors (Lipinski definition) is 0. The second-order valence-corrected chi connectivity index (χ2v) is 5.99. The lowest BCUT2D eigenvalue weighted by Gasteiger charge is -2.03. The van der Waals surface area contributed by atoms with E-state index in [4.69, 9.17) is 4.74 Å². The van der Waals surface area contributed by atoms with Gasteiger partial charge in [0.25, 0.3) is 0 Å². The van der Waals surface area contributed by atoms with Gasteiger partial charge in [-0.25, -0.2) is 4.79 Å². The molecule has 0 N–H and O–H groups in total. The number of Topliss-reactive ketones (excluding diaryl/α,β-unsaturated/α-hetero) is 1. The molecular formula is C19H34O3. The number of unbranched alkanes of at least 4 members (excludes halogenated alkanes) is 9. The highest BCUT2D eigenvalue weighted by molar-refractivity contribution is 5.82. The number of hydrogen-bond acceptors (Lipinski definition) is 3. The van der Waals surface area contributed by atoms with Crippen LogP contribution in [0.15, 0.2) is 12.2 Å². The molecule has 22 heavy (non-hydrogen) atoms. The fraction of sp³-hybridized carbons (Fsp3) is 0.789. The van der Waals surface area contributed by atoms with Crippen LogP contribution in [-0.4, -0.2) is 18.4 Å². The van der Waals surface area contributed by atoms with Crippen LogP contribution in [0.2, 0.25) is 0 Å². The van der Waals surface area contributed by atoms with Gasteiger partial charge in [0.15, 0.2) is 0 Å². The molecule has 0 atom stereocenters. The summed E-state index contributed by atoms with van der Waals surface area (Å²) in [6, 6.07) is 0. The van der Waals surface area contributed by atoms with Crippen LogP contribution in [0.4, 0.5) is 0 Å².